The molecular formula is C24H24FNO5S. The van der Waals surface area contributed by atoms with Crippen LogP contribution in [0.15, 0.2) is 65.1 Å². The number of furan rings is 1. The largest absolute Gasteiger partial charge is 0.484 e. The summed E-state index contributed by atoms with van der Waals surface area (Å²) in [5.41, 5.74) is 1.72. The summed E-state index contributed by atoms with van der Waals surface area (Å²) >= 11 is 0. The van der Waals surface area contributed by atoms with E-state index in [-0.39, 0.29) is 36.4 Å². The molecule has 1 aliphatic rings. The van der Waals surface area contributed by atoms with Gasteiger partial charge in [-0.2, -0.15) is 0 Å². The molecule has 0 saturated carbocycles. The van der Waals surface area contributed by atoms with Gasteiger partial charge in [0, 0.05) is 11.6 Å². The minimum atomic E-state index is -3.18. The minimum absolute atomic E-state index is 0.0547. The van der Waals surface area contributed by atoms with Gasteiger partial charge in [0.05, 0.1) is 18.1 Å². The van der Waals surface area contributed by atoms with Gasteiger partial charge in [0.1, 0.15) is 23.1 Å². The zero-order valence-corrected chi connectivity index (χ0v) is 18.5. The van der Waals surface area contributed by atoms with Gasteiger partial charge in [-0.25, -0.2) is 12.8 Å². The van der Waals surface area contributed by atoms with Gasteiger partial charge in [-0.1, -0.05) is 12.1 Å². The van der Waals surface area contributed by atoms with E-state index in [4.69, 9.17) is 9.15 Å². The molecule has 0 spiro atoms. The number of carbonyl (C=O) groups is 1. The topological polar surface area (TPSA) is 76.8 Å². The predicted molar refractivity (Wildman–Crippen MR) is 118 cm³/mol. The van der Waals surface area contributed by atoms with Gasteiger partial charge < -0.3 is 14.1 Å². The van der Waals surface area contributed by atoms with Gasteiger partial charge in [0.15, 0.2) is 16.4 Å². The molecule has 3 aromatic rings. The maximum absolute atomic E-state index is 13.2. The van der Waals surface area contributed by atoms with Crippen molar-refractivity contribution in [1.29, 1.82) is 0 Å². The highest BCUT2D eigenvalue weighted by atomic mass is 32.2. The molecule has 0 radical (unpaired) electrons. The van der Waals surface area contributed by atoms with Crippen LogP contribution in [0.2, 0.25) is 0 Å². The van der Waals surface area contributed by atoms with E-state index in [1.54, 1.807) is 30.3 Å². The summed E-state index contributed by atoms with van der Waals surface area (Å²) in [6.07, 6.45) is 0.379. The molecule has 1 atom stereocenters. The third-order valence-electron chi connectivity index (χ3n) is 5.44. The van der Waals surface area contributed by atoms with Crippen LogP contribution in [0.5, 0.6) is 5.75 Å². The fourth-order valence-electron chi connectivity index (χ4n) is 3.78. The first-order valence-corrected chi connectivity index (χ1v) is 12.2. The van der Waals surface area contributed by atoms with Gasteiger partial charge in [0.2, 0.25) is 0 Å². The van der Waals surface area contributed by atoms with Gasteiger partial charge in [-0.15, -0.1) is 0 Å². The molecule has 1 fully saturated rings. The summed E-state index contributed by atoms with van der Waals surface area (Å²) in [5.74, 6) is 0.962. The molecule has 1 amide bonds. The van der Waals surface area contributed by atoms with Crippen LogP contribution < -0.4 is 4.74 Å². The summed E-state index contributed by atoms with van der Waals surface area (Å²) in [4.78, 5) is 14.6. The zero-order chi connectivity index (χ0) is 22.7. The smallest absolute Gasteiger partial charge is 0.261 e. The molecule has 1 aliphatic heterocycles. The highest BCUT2D eigenvalue weighted by Gasteiger charge is 2.35. The second-order valence-electron chi connectivity index (χ2n) is 7.96. The van der Waals surface area contributed by atoms with Crippen molar-refractivity contribution >= 4 is 15.7 Å². The highest BCUT2D eigenvalue weighted by molar-refractivity contribution is 7.91. The molecule has 32 heavy (non-hydrogen) atoms. The molecule has 4 rings (SSSR count). The first-order chi connectivity index (χ1) is 15.3. The van der Waals surface area contributed by atoms with E-state index >= 15 is 0 Å². The highest BCUT2D eigenvalue weighted by Crippen LogP contribution is 2.26. The van der Waals surface area contributed by atoms with E-state index in [1.807, 2.05) is 25.1 Å². The lowest BCUT2D eigenvalue weighted by Crippen LogP contribution is -2.43. The van der Waals surface area contributed by atoms with Crippen LogP contribution in [0.25, 0.3) is 11.3 Å². The maximum Gasteiger partial charge on any atom is 0.261 e. The maximum atomic E-state index is 13.2. The van der Waals surface area contributed by atoms with Crippen LogP contribution in [0.4, 0.5) is 4.39 Å². The second kappa shape index (κ2) is 9.16. The number of amides is 1. The van der Waals surface area contributed by atoms with Crippen molar-refractivity contribution in [2.45, 2.75) is 25.9 Å². The molecule has 0 bridgehead atoms. The Kier molecular flexibility index (Phi) is 6.32. The van der Waals surface area contributed by atoms with Crippen molar-refractivity contribution in [3.63, 3.8) is 0 Å². The van der Waals surface area contributed by atoms with Crippen molar-refractivity contribution in [2.75, 3.05) is 18.1 Å². The summed E-state index contributed by atoms with van der Waals surface area (Å²) < 4.78 is 48.8. The Hall–Kier alpha value is -3.13. The van der Waals surface area contributed by atoms with Gasteiger partial charge in [0.25, 0.3) is 5.91 Å². The lowest BCUT2D eigenvalue weighted by molar-refractivity contribution is -0.136. The third kappa shape index (κ3) is 5.37. The van der Waals surface area contributed by atoms with Crippen LogP contribution in [-0.2, 0) is 21.2 Å². The van der Waals surface area contributed by atoms with Crippen LogP contribution in [0.3, 0.4) is 0 Å². The number of sulfone groups is 1. The first kappa shape index (κ1) is 22.1. The number of nitrogens with zero attached hydrogens (tertiary/aromatic N) is 1. The lowest BCUT2D eigenvalue weighted by atomic mass is 10.2. The van der Waals surface area contributed by atoms with Crippen LogP contribution in [0, 0.1) is 12.7 Å². The monoisotopic (exact) mass is 457 g/mol. The van der Waals surface area contributed by atoms with Crippen molar-refractivity contribution in [1.82, 2.24) is 4.90 Å². The molecule has 0 unspecified atom stereocenters. The number of ether oxygens (including phenoxy) is 1. The molecule has 6 nitrogen and oxygen atoms in total. The minimum Gasteiger partial charge on any atom is -0.484 e. The summed E-state index contributed by atoms with van der Waals surface area (Å²) in [6.45, 7) is 1.85. The first-order valence-electron chi connectivity index (χ1n) is 10.3. The Balaban J connectivity index is 1.50. The number of hydrogen-bond donors (Lipinski definition) is 0. The molecule has 1 aromatic heterocycles. The Morgan fingerprint density at radius 2 is 1.94 bits per heavy atom. The molecule has 2 heterocycles. The van der Waals surface area contributed by atoms with Gasteiger partial charge >= 0.3 is 0 Å². The Labute approximate surface area is 186 Å². The van der Waals surface area contributed by atoms with Crippen molar-refractivity contribution in [3.05, 3.63) is 77.8 Å². The average molecular weight is 458 g/mol. The molecular weight excluding hydrogens is 433 g/mol. The van der Waals surface area contributed by atoms with Crippen molar-refractivity contribution < 1.29 is 26.8 Å². The Morgan fingerprint density at radius 3 is 2.62 bits per heavy atom. The molecule has 8 heteroatoms. The van der Waals surface area contributed by atoms with Crippen molar-refractivity contribution in [2.24, 2.45) is 0 Å². The van der Waals surface area contributed by atoms with E-state index in [9.17, 15) is 17.6 Å². The number of carbonyl (C=O) groups excluding carboxylic acids is 1. The van der Waals surface area contributed by atoms with E-state index in [0.717, 1.165) is 5.56 Å². The Morgan fingerprint density at radius 1 is 1.16 bits per heavy atom. The van der Waals surface area contributed by atoms with Crippen molar-refractivity contribution in [3.8, 4) is 17.1 Å². The normalized spacial score (nSPS) is 17.2. The number of hydrogen-bond acceptors (Lipinski definition) is 5. The van der Waals surface area contributed by atoms with E-state index in [1.165, 1.54) is 17.0 Å². The number of benzene rings is 2. The Bertz CT molecular complexity index is 1200. The second-order valence-corrected chi connectivity index (χ2v) is 10.2. The summed E-state index contributed by atoms with van der Waals surface area (Å²) in [6, 6.07) is 16.3. The molecule has 0 N–H and O–H groups in total. The van der Waals surface area contributed by atoms with Crippen LogP contribution in [-0.4, -0.2) is 43.4 Å². The molecule has 168 valence electrons. The van der Waals surface area contributed by atoms with Crippen LogP contribution in [0.1, 0.15) is 17.7 Å². The van der Waals surface area contributed by atoms with Gasteiger partial charge in [-0.05, 0) is 67.4 Å². The number of rotatable bonds is 7. The SMILES string of the molecule is Cc1cccc(OCC(=O)N(Cc2ccc(-c3ccc(F)cc3)o2)[C@@H]2CCS(=O)(=O)C2)c1. The molecule has 2 aromatic carbocycles. The van der Waals surface area contributed by atoms with E-state index < -0.39 is 15.9 Å². The fraction of sp³-hybridized carbons (Fsp3) is 0.292. The lowest BCUT2D eigenvalue weighted by Gasteiger charge is -2.27. The average Bonchev–Trinajstić information content (AvgIpc) is 3.37. The number of halogens is 1. The standard InChI is InChI=1S/C24H24FNO5S/c1-17-3-2-4-21(13-17)30-15-24(27)26(20-11-12-32(28,29)16-20)14-22-9-10-23(31-22)18-5-7-19(25)8-6-18/h2-10,13,20H,11-12,14-16H2,1H3/t20-/m1/s1. The molecule has 0 aliphatic carbocycles. The molecule has 1 saturated heterocycles. The van der Waals surface area contributed by atoms with E-state index in [0.29, 0.717) is 29.3 Å². The summed E-state index contributed by atoms with van der Waals surface area (Å²) in [7, 11) is -3.18. The van der Waals surface area contributed by atoms with Crippen LogP contribution >= 0.6 is 0 Å². The van der Waals surface area contributed by atoms with E-state index in [2.05, 4.69) is 0 Å². The number of aryl methyl sites for hydroxylation is 1. The fourth-order valence-corrected chi connectivity index (χ4v) is 5.51. The summed E-state index contributed by atoms with van der Waals surface area (Å²) in [5, 5.41) is 0. The quantitative estimate of drug-likeness (QED) is 0.536. The third-order valence-corrected chi connectivity index (χ3v) is 7.19. The zero-order valence-electron chi connectivity index (χ0n) is 17.7. The van der Waals surface area contributed by atoms with Gasteiger partial charge in [-0.3, -0.25) is 4.79 Å². The predicted octanol–water partition coefficient (Wildman–Crippen LogP) is 3.99.